The molecule has 0 aliphatic carbocycles. The van der Waals surface area contributed by atoms with Gasteiger partial charge in [0.25, 0.3) is 0 Å². The quantitative estimate of drug-likeness (QED) is 0.453. The molecule has 0 aromatic carbocycles. The Morgan fingerprint density at radius 2 is 1.73 bits per heavy atom. The molecule has 0 unspecified atom stereocenters. The molecule has 0 atom stereocenters. The van der Waals surface area contributed by atoms with Crippen molar-refractivity contribution in [1.82, 2.24) is 0 Å². The number of hydrogen-bond donors (Lipinski definition) is 1. The molecule has 1 nitrogen and oxygen atoms in total. The molecule has 1 N–H and O–H groups in total. The minimum absolute atomic E-state index is 0. The molecule has 71 valence electrons. The minimum Gasteiger partial charge on any atom is -0.502 e. The normalized spacial score (nSPS) is 8.82. The summed E-state index contributed by atoms with van der Waals surface area (Å²) >= 11 is 4.53. The van der Waals surface area contributed by atoms with Crippen LogP contribution in [-0.4, -0.2) is 10.2 Å². The molecule has 0 saturated heterocycles. The third-order valence-corrected chi connectivity index (χ3v) is 1.70. The summed E-state index contributed by atoms with van der Waals surface area (Å²) in [4.78, 5) is 0. The summed E-state index contributed by atoms with van der Waals surface area (Å²) < 4.78 is 0. The van der Waals surface area contributed by atoms with E-state index in [1.807, 2.05) is 0 Å². The van der Waals surface area contributed by atoms with Crippen molar-refractivity contribution in [2.24, 2.45) is 0 Å². The first kappa shape index (κ1) is 14.2. The van der Waals surface area contributed by atoms with E-state index in [0.717, 1.165) is 6.42 Å². The molecule has 0 aliphatic rings. The zero-order valence-corrected chi connectivity index (χ0v) is 9.20. The topological polar surface area (TPSA) is 20.2 Å². The van der Waals surface area contributed by atoms with Crippen LogP contribution in [0, 0.1) is 0 Å². The zero-order chi connectivity index (χ0) is 7.82. The van der Waals surface area contributed by atoms with Crippen LogP contribution in [0.15, 0.2) is 0 Å². The van der Waals surface area contributed by atoms with Crippen LogP contribution >= 0.6 is 12.2 Å². The SMILES string of the molecule is CCCCCCCC(O)=S.[Ag]. The van der Waals surface area contributed by atoms with Gasteiger partial charge in [0.15, 0.2) is 5.05 Å². The standard InChI is InChI=1S/C8H16OS.Ag/c1-2-3-4-5-6-7-8(9)10;/h2-7H2,1H3,(H,9,10);. The van der Waals surface area contributed by atoms with Gasteiger partial charge in [-0.05, 0) is 18.6 Å². The first-order chi connectivity index (χ1) is 4.77. The van der Waals surface area contributed by atoms with Gasteiger partial charge in [0.1, 0.15) is 0 Å². The fourth-order valence-corrected chi connectivity index (χ4v) is 1.02. The number of aliphatic hydroxyl groups excluding tert-OH is 1. The number of rotatable bonds is 6. The molecule has 0 amide bonds. The van der Waals surface area contributed by atoms with Crippen molar-refractivity contribution in [3.8, 4) is 0 Å². The largest absolute Gasteiger partial charge is 0.502 e. The smallest absolute Gasteiger partial charge is 0.156 e. The van der Waals surface area contributed by atoms with Crippen LogP contribution in [0.4, 0.5) is 0 Å². The summed E-state index contributed by atoms with van der Waals surface area (Å²) in [6.07, 6.45) is 6.81. The van der Waals surface area contributed by atoms with Gasteiger partial charge in [-0.3, -0.25) is 0 Å². The van der Waals surface area contributed by atoms with E-state index in [0.29, 0.717) is 6.42 Å². The molecule has 0 spiro atoms. The molecule has 0 aromatic rings. The Labute approximate surface area is 90.1 Å². The second-order valence-corrected chi connectivity index (χ2v) is 3.03. The Morgan fingerprint density at radius 1 is 1.18 bits per heavy atom. The van der Waals surface area contributed by atoms with E-state index >= 15 is 0 Å². The Kier molecular flexibility index (Phi) is 13.7. The summed E-state index contributed by atoms with van der Waals surface area (Å²) in [7, 11) is 0. The Balaban J connectivity index is 0. The first-order valence-corrected chi connectivity index (χ1v) is 4.40. The van der Waals surface area contributed by atoms with Crippen LogP contribution < -0.4 is 0 Å². The predicted octanol–water partition coefficient (Wildman–Crippen LogP) is 3.23. The molecule has 0 aromatic heterocycles. The van der Waals surface area contributed by atoms with Gasteiger partial charge in [0, 0.05) is 28.8 Å². The van der Waals surface area contributed by atoms with Gasteiger partial charge in [0.2, 0.25) is 0 Å². The maximum atomic E-state index is 8.64. The monoisotopic (exact) mass is 267 g/mol. The summed E-state index contributed by atoms with van der Waals surface area (Å²) in [6.45, 7) is 2.19. The average molecular weight is 268 g/mol. The van der Waals surface area contributed by atoms with Gasteiger partial charge < -0.3 is 5.11 Å². The van der Waals surface area contributed by atoms with Crippen molar-refractivity contribution in [2.45, 2.75) is 45.4 Å². The molecule has 0 bridgehead atoms. The molecule has 3 heteroatoms. The van der Waals surface area contributed by atoms with E-state index in [4.69, 9.17) is 5.11 Å². The Hall–Kier alpha value is 0.630. The van der Waals surface area contributed by atoms with Crippen molar-refractivity contribution >= 4 is 17.3 Å². The van der Waals surface area contributed by atoms with E-state index in [1.54, 1.807) is 0 Å². The fourth-order valence-electron chi connectivity index (χ4n) is 0.880. The maximum Gasteiger partial charge on any atom is 0.156 e. The van der Waals surface area contributed by atoms with Crippen LogP contribution in [0.1, 0.15) is 45.4 Å². The molecular formula is C8H16AgOS. The third-order valence-electron chi connectivity index (χ3n) is 1.49. The van der Waals surface area contributed by atoms with Gasteiger partial charge in [0.05, 0.1) is 0 Å². The number of unbranched alkanes of at least 4 members (excludes halogenated alkanes) is 4. The Bertz CT molecular complexity index is 96.1. The second-order valence-electron chi connectivity index (χ2n) is 2.56. The van der Waals surface area contributed by atoms with Crippen molar-refractivity contribution in [1.29, 1.82) is 0 Å². The second kappa shape index (κ2) is 10.6. The van der Waals surface area contributed by atoms with Crippen LogP contribution in [0.3, 0.4) is 0 Å². The van der Waals surface area contributed by atoms with Crippen molar-refractivity contribution < 1.29 is 27.5 Å². The van der Waals surface area contributed by atoms with Crippen LogP contribution in [0.5, 0.6) is 0 Å². The number of hydrogen-bond acceptors (Lipinski definition) is 1. The third kappa shape index (κ3) is 13.6. The molecule has 0 fully saturated rings. The van der Waals surface area contributed by atoms with E-state index in [2.05, 4.69) is 19.1 Å². The van der Waals surface area contributed by atoms with Gasteiger partial charge >= 0.3 is 0 Å². The molecule has 11 heavy (non-hydrogen) atoms. The number of thiocarbonyl (C=S) groups is 1. The molecule has 0 aliphatic heterocycles. The van der Waals surface area contributed by atoms with Gasteiger partial charge in [-0.25, -0.2) is 0 Å². The summed E-state index contributed by atoms with van der Waals surface area (Å²) in [5.41, 5.74) is 0. The van der Waals surface area contributed by atoms with Crippen molar-refractivity contribution in [2.75, 3.05) is 0 Å². The molecule has 1 radical (unpaired) electrons. The van der Waals surface area contributed by atoms with Gasteiger partial charge in [-0.15, -0.1) is 0 Å². The van der Waals surface area contributed by atoms with Gasteiger partial charge in [-0.2, -0.15) is 0 Å². The summed E-state index contributed by atoms with van der Waals surface area (Å²) in [5.74, 6) is 0. The zero-order valence-electron chi connectivity index (χ0n) is 6.90. The van der Waals surface area contributed by atoms with Gasteiger partial charge in [-0.1, -0.05) is 32.6 Å². The predicted molar refractivity (Wildman–Crippen MR) is 48.6 cm³/mol. The van der Waals surface area contributed by atoms with E-state index < -0.39 is 0 Å². The Morgan fingerprint density at radius 3 is 2.18 bits per heavy atom. The first-order valence-electron chi connectivity index (χ1n) is 3.99. The number of aliphatic hydroxyl groups is 1. The van der Waals surface area contributed by atoms with Crippen molar-refractivity contribution in [3.05, 3.63) is 0 Å². The molecule has 0 heterocycles. The minimum atomic E-state index is 0. The summed E-state index contributed by atoms with van der Waals surface area (Å²) in [5, 5.41) is 8.80. The maximum absolute atomic E-state index is 8.64. The average Bonchev–Trinajstić information content (AvgIpc) is 1.87. The fraction of sp³-hybridized carbons (Fsp3) is 0.875. The van der Waals surface area contributed by atoms with E-state index in [-0.39, 0.29) is 27.4 Å². The molecular weight excluding hydrogens is 252 g/mol. The summed E-state index contributed by atoms with van der Waals surface area (Å²) in [6, 6.07) is 0. The van der Waals surface area contributed by atoms with Crippen LogP contribution in [0.2, 0.25) is 0 Å². The molecule has 0 rings (SSSR count). The molecule has 0 saturated carbocycles. The van der Waals surface area contributed by atoms with Crippen molar-refractivity contribution in [3.63, 3.8) is 0 Å². The van der Waals surface area contributed by atoms with E-state index in [1.165, 1.54) is 25.7 Å². The van der Waals surface area contributed by atoms with Crippen LogP contribution in [0.25, 0.3) is 0 Å². The van der Waals surface area contributed by atoms with E-state index in [9.17, 15) is 0 Å². The van der Waals surface area contributed by atoms with Crippen LogP contribution in [-0.2, 0) is 22.4 Å².